The van der Waals surface area contributed by atoms with Crippen LogP contribution in [0.25, 0.3) is 0 Å². The van der Waals surface area contributed by atoms with Gasteiger partial charge in [-0.15, -0.1) is 0 Å². The number of carbonyl (C=O) groups excluding carboxylic acids is 2. The van der Waals surface area contributed by atoms with Gasteiger partial charge in [0.05, 0.1) is 17.4 Å². The maximum absolute atomic E-state index is 13.6. The number of benzene rings is 1. The van der Waals surface area contributed by atoms with Gasteiger partial charge in [-0.1, -0.05) is 18.2 Å². The maximum atomic E-state index is 13.6. The number of hydrogen-bond donors (Lipinski definition) is 1. The third kappa shape index (κ3) is 4.17. The van der Waals surface area contributed by atoms with Crippen molar-refractivity contribution < 1.29 is 14.0 Å². The van der Waals surface area contributed by atoms with Crippen molar-refractivity contribution in [3.8, 4) is 0 Å². The number of rotatable bonds is 4. The summed E-state index contributed by atoms with van der Waals surface area (Å²) in [4.78, 5) is 31.8. The predicted octanol–water partition coefficient (Wildman–Crippen LogP) is 1.82. The first-order chi connectivity index (χ1) is 12.5. The van der Waals surface area contributed by atoms with Crippen molar-refractivity contribution >= 4 is 17.5 Å². The summed E-state index contributed by atoms with van der Waals surface area (Å²) in [5, 5.41) is 2.72. The summed E-state index contributed by atoms with van der Waals surface area (Å²) in [7, 11) is 0. The van der Waals surface area contributed by atoms with E-state index in [9.17, 15) is 14.0 Å². The molecule has 136 valence electrons. The largest absolute Gasteiger partial charge is 0.367 e. The van der Waals surface area contributed by atoms with Gasteiger partial charge < -0.3 is 15.1 Å². The monoisotopic (exact) mass is 356 g/mol. The van der Waals surface area contributed by atoms with Crippen molar-refractivity contribution in [3.63, 3.8) is 0 Å². The minimum Gasteiger partial charge on any atom is -0.367 e. The Bertz CT molecular complexity index is 804. The highest BCUT2D eigenvalue weighted by atomic mass is 19.1. The van der Waals surface area contributed by atoms with E-state index < -0.39 is 0 Å². The standard InChI is InChI=1S/C19H21FN4O2/c1-14(25)23-6-8-24(9-7-23)17-10-16(11-21-13-17)19(26)22-12-15-4-2-3-5-18(15)20/h2-5,10-11,13H,6-9,12H2,1H3,(H,22,26). The Morgan fingerprint density at radius 3 is 2.58 bits per heavy atom. The second-order valence-corrected chi connectivity index (χ2v) is 6.20. The highest BCUT2D eigenvalue weighted by molar-refractivity contribution is 5.94. The molecule has 26 heavy (non-hydrogen) atoms. The molecule has 1 aromatic heterocycles. The molecule has 0 saturated carbocycles. The lowest BCUT2D eigenvalue weighted by atomic mass is 10.2. The van der Waals surface area contributed by atoms with Crippen LogP contribution in [-0.4, -0.2) is 47.9 Å². The Hall–Kier alpha value is -2.96. The molecule has 7 heteroatoms. The van der Waals surface area contributed by atoms with Crippen LogP contribution in [0.2, 0.25) is 0 Å². The van der Waals surface area contributed by atoms with Gasteiger partial charge in [-0.05, 0) is 12.1 Å². The zero-order valence-corrected chi connectivity index (χ0v) is 14.6. The molecule has 2 aromatic rings. The quantitative estimate of drug-likeness (QED) is 0.908. The Kier molecular flexibility index (Phi) is 5.46. The van der Waals surface area contributed by atoms with Crippen molar-refractivity contribution in [2.24, 2.45) is 0 Å². The molecule has 1 N–H and O–H groups in total. The van der Waals surface area contributed by atoms with Crippen LogP contribution in [0.4, 0.5) is 10.1 Å². The lowest BCUT2D eigenvalue weighted by Gasteiger charge is -2.35. The van der Waals surface area contributed by atoms with E-state index >= 15 is 0 Å². The van der Waals surface area contributed by atoms with Gasteiger partial charge in [0.15, 0.2) is 0 Å². The molecule has 6 nitrogen and oxygen atoms in total. The summed E-state index contributed by atoms with van der Waals surface area (Å²) < 4.78 is 13.6. The second-order valence-electron chi connectivity index (χ2n) is 6.20. The number of pyridine rings is 1. The van der Waals surface area contributed by atoms with Crippen LogP contribution in [0, 0.1) is 5.82 Å². The zero-order valence-electron chi connectivity index (χ0n) is 14.6. The summed E-state index contributed by atoms with van der Waals surface area (Å²) in [6.07, 6.45) is 3.20. The molecule has 1 saturated heterocycles. The molecule has 1 aliphatic heterocycles. The summed E-state index contributed by atoms with van der Waals surface area (Å²) in [5.41, 5.74) is 1.70. The van der Waals surface area contributed by atoms with Crippen LogP contribution in [0.15, 0.2) is 42.7 Å². The number of nitrogens with one attached hydrogen (secondary N) is 1. The molecule has 0 unspecified atom stereocenters. The number of nitrogens with zero attached hydrogens (tertiary/aromatic N) is 3. The van der Waals surface area contributed by atoms with E-state index in [0.717, 1.165) is 5.69 Å². The van der Waals surface area contributed by atoms with Crippen LogP contribution in [0.3, 0.4) is 0 Å². The number of carbonyl (C=O) groups is 2. The number of hydrogen-bond acceptors (Lipinski definition) is 4. The fourth-order valence-corrected chi connectivity index (χ4v) is 2.92. The molecule has 0 bridgehead atoms. The van der Waals surface area contributed by atoms with Crippen molar-refractivity contribution in [1.29, 1.82) is 0 Å². The first-order valence-corrected chi connectivity index (χ1v) is 8.51. The molecule has 0 radical (unpaired) electrons. The average Bonchev–Trinajstić information content (AvgIpc) is 2.67. The molecule has 0 aliphatic carbocycles. The van der Waals surface area contributed by atoms with E-state index in [2.05, 4.69) is 15.2 Å². The van der Waals surface area contributed by atoms with Gasteiger partial charge in [-0.2, -0.15) is 0 Å². The van der Waals surface area contributed by atoms with Gasteiger partial charge in [0.25, 0.3) is 5.91 Å². The van der Waals surface area contributed by atoms with Gasteiger partial charge in [0, 0.05) is 51.4 Å². The van der Waals surface area contributed by atoms with E-state index in [1.54, 1.807) is 42.3 Å². The third-order valence-corrected chi connectivity index (χ3v) is 4.47. The van der Waals surface area contributed by atoms with Crippen LogP contribution < -0.4 is 10.2 Å². The predicted molar refractivity (Wildman–Crippen MR) is 96.3 cm³/mol. The number of anilines is 1. The SMILES string of the molecule is CC(=O)N1CCN(c2cncc(C(=O)NCc3ccccc3F)c2)CC1. The van der Waals surface area contributed by atoms with Gasteiger partial charge in [-0.3, -0.25) is 14.6 Å². The smallest absolute Gasteiger partial charge is 0.253 e. The van der Waals surface area contributed by atoms with Crippen molar-refractivity contribution in [2.45, 2.75) is 13.5 Å². The second kappa shape index (κ2) is 7.95. The zero-order chi connectivity index (χ0) is 18.5. The summed E-state index contributed by atoms with van der Waals surface area (Å²) in [5.74, 6) is -0.572. The molecular weight excluding hydrogens is 335 g/mol. The molecule has 1 aliphatic rings. The highest BCUT2D eigenvalue weighted by Gasteiger charge is 2.19. The van der Waals surface area contributed by atoms with Crippen LogP contribution in [0.1, 0.15) is 22.8 Å². The van der Waals surface area contributed by atoms with E-state index in [1.165, 1.54) is 12.3 Å². The van der Waals surface area contributed by atoms with E-state index in [1.807, 2.05) is 0 Å². The number of halogens is 1. The van der Waals surface area contributed by atoms with E-state index in [-0.39, 0.29) is 24.2 Å². The Labute approximate surface area is 151 Å². The van der Waals surface area contributed by atoms with Gasteiger partial charge in [-0.25, -0.2) is 4.39 Å². The first kappa shape index (κ1) is 17.8. The average molecular weight is 356 g/mol. The molecule has 1 fully saturated rings. The molecule has 0 spiro atoms. The lowest BCUT2D eigenvalue weighted by Crippen LogP contribution is -2.48. The van der Waals surface area contributed by atoms with Crippen molar-refractivity contribution in [1.82, 2.24) is 15.2 Å². The van der Waals surface area contributed by atoms with Gasteiger partial charge in [0.1, 0.15) is 5.82 Å². The minimum absolute atomic E-state index is 0.0732. The van der Waals surface area contributed by atoms with E-state index in [0.29, 0.717) is 37.3 Å². The van der Waals surface area contributed by atoms with Crippen LogP contribution in [-0.2, 0) is 11.3 Å². The molecule has 3 rings (SSSR count). The topological polar surface area (TPSA) is 65.5 Å². The number of amides is 2. The lowest BCUT2D eigenvalue weighted by molar-refractivity contribution is -0.129. The molecule has 2 amide bonds. The number of piperazine rings is 1. The Morgan fingerprint density at radius 1 is 1.15 bits per heavy atom. The minimum atomic E-state index is -0.344. The summed E-state index contributed by atoms with van der Waals surface area (Å²) in [6, 6.07) is 8.11. The number of aromatic nitrogens is 1. The first-order valence-electron chi connectivity index (χ1n) is 8.51. The highest BCUT2D eigenvalue weighted by Crippen LogP contribution is 2.17. The Balaban J connectivity index is 1.63. The molecular formula is C19H21FN4O2. The van der Waals surface area contributed by atoms with Crippen molar-refractivity contribution in [3.05, 3.63) is 59.7 Å². The molecule has 0 atom stereocenters. The normalized spacial score (nSPS) is 14.2. The maximum Gasteiger partial charge on any atom is 0.253 e. The third-order valence-electron chi connectivity index (χ3n) is 4.47. The van der Waals surface area contributed by atoms with Crippen LogP contribution >= 0.6 is 0 Å². The Morgan fingerprint density at radius 2 is 1.88 bits per heavy atom. The summed E-state index contributed by atoms with van der Waals surface area (Å²) >= 11 is 0. The molecule has 2 heterocycles. The van der Waals surface area contributed by atoms with Gasteiger partial charge >= 0.3 is 0 Å². The fraction of sp³-hybridized carbons (Fsp3) is 0.316. The van der Waals surface area contributed by atoms with Crippen LogP contribution in [0.5, 0.6) is 0 Å². The molecule has 1 aromatic carbocycles. The van der Waals surface area contributed by atoms with E-state index in [4.69, 9.17) is 0 Å². The fourth-order valence-electron chi connectivity index (χ4n) is 2.92. The van der Waals surface area contributed by atoms with Crippen molar-refractivity contribution in [2.75, 3.05) is 31.1 Å². The summed E-state index contributed by atoms with van der Waals surface area (Å²) in [6.45, 7) is 4.38. The van der Waals surface area contributed by atoms with Gasteiger partial charge in [0.2, 0.25) is 5.91 Å².